The molecule has 1 aromatic carbocycles. The van der Waals surface area contributed by atoms with Crippen LogP contribution in [0.2, 0.25) is 0 Å². The number of nitrogens with one attached hydrogen (secondary N) is 2. The molecule has 2 N–H and O–H groups in total. The maximum Gasteiger partial charge on any atom is 0.272 e. The van der Waals surface area contributed by atoms with Gasteiger partial charge in [0.2, 0.25) is 0 Å². The fraction of sp³-hybridized carbons (Fsp3) is 0.333. The van der Waals surface area contributed by atoms with E-state index in [1.807, 2.05) is 0 Å². The van der Waals surface area contributed by atoms with Gasteiger partial charge in [-0.05, 0) is 49.6 Å². The summed E-state index contributed by atoms with van der Waals surface area (Å²) < 4.78 is 14.3. The summed E-state index contributed by atoms with van der Waals surface area (Å²) in [7, 11) is 0. The minimum atomic E-state index is -0.508. The Hall–Kier alpha value is -3.09. The Morgan fingerprint density at radius 3 is 2.61 bits per heavy atom. The van der Waals surface area contributed by atoms with Gasteiger partial charge in [-0.1, -0.05) is 18.9 Å². The Balaban J connectivity index is 1.82. The average molecular weight is 382 g/mol. The smallest absolute Gasteiger partial charge is 0.272 e. The van der Waals surface area contributed by atoms with Crippen molar-refractivity contribution in [3.8, 4) is 11.3 Å². The molecule has 1 saturated carbocycles. The molecule has 1 heterocycles. The van der Waals surface area contributed by atoms with Gasteiger partial charge < -0.3 is 10.6 Å². The van der Waals surface area contributed by atoms with Crippen LogP contribution in [0.1, 0.15) is 52.1 Å². The van der Waals surface area contributed by atoms with Crippen LogP contribution in [0.3, 0.4) is 0 Å². The molecule has 3 rings (SSSR count). The summed E-state index contributed by atoms with van der Waals surface area (Å²) in [6.07, 6.45) is 5.76. The molecule has 0 saturated heterocycles. The van der Waals surface area contributed by atoms with Crippen molar-refractivity contribution in [3.63, 3.8) is 0 Å². The molecule has 1 aromatic heterocycles. The maximum absolute atomic E-state index is 14.3. The van der Waals surface area contributed by atoms with E-state index in [2.05, 4.69) is 27.4 Å². The maximum atomic E-state index is 14.3. The molecule has 1 fully saturated rings. The van der Waals surface area contributed by atoms with E-state index in [0.29, 0.717) is 16.8 Å². The molecule has 6 nitrogen and oxygen atoms in total. The van der Waals surface area contributed by atoms with Crippen LogP contribution in [0.5, 0.6) is 0 Å². The van der Waals surface area contributed by atoms with E-state index in [9.17, 15) is 14.0 Å². The second kappa shape index (κ2) is 8.73. The largest absolute Gasteiger partial charge is 0.349 e. The Kier molecular flexibility index (Phi) is 6.13. The lowest BCUT2D eigenvalue weighted by Crippen LogP contribution is -2.33. The standard InChI is InChI=1S/C21H23FN4O2/c1-3-10-23-20(27)14-11-16(13(2)17(22)12-14)18-8-9-19(26-25-18)21(28)24-15-6-4-5-7-15/h3,8-9,11-12,15H,1,4-7,10H2,2H3,(H,23,27)(H,24,28). The number of halogens is 1. The Morgan fingerprint density at radius 2 is 1.96 bits per heavy atom. The molecule has 28 heavy (non-hydrogen) atoms. The quantitative estimate of drug-likeness (QED) is 0.752. The summed E-state index contributed by atoms with van der Waals surface area (Å²) in [5.41, 5.74) is 1.61. The predicted molar refractivity (Wildman–Crippen MR) is 104 cm³/mol. The third kappa shape index (κ3) is 4.42. The van der Waals surface area contributed by atoms with Crippen LogP contribution in [0.4, 0.5) is 4.39 Å². The van der Waals surface area contributed by atoms with Crippen molar-refractivity contribution in [2.75, 3.05) is 6.54 Å². The van der Waals surface area contributed by atoms with Crippen LogP contribution in [0, 0.1) is 12.7 Å². The molecule has 146 valence electrons. The van der Waals surface area contributed by atoms with E-state index < -0.39 is 11.7 Å². The molecule has 0 spiro atoms. The van der Waals surface area contributed by atoms with Gasteiger partial charge in [0, 0.05) is 23.7 Å². The molecule has 1 aliphatic carbocycles. The normalized spacial score (nSPS) is 13.9. The highest BCUT2D eigenvalue weighted by Crippen LogP contribution is 2.25. The van der Waals surface area contributed by atoms with Crippen molar-refractivity contribution in [1.29, 1.82) is 0 Å². The van der Waals surface area contributed by atoms with E-state index in [-0.39, 0.29) is 29.8 Å². The first-order valence-corrected chi connectivity index (χ1v) is 9.34. The van der Waals surface area contributed by atoms with Crippen molar-refractivity contribution in [2.24, 2.45) is 0 Å². The number of carbonyl (C=O) groups is 2. The van der Waals surface area contributed by atoms with Gasteiger partial charge in [-0.15, -0.1) is 16.8 Å². The minimum Gasteiger partial charge on any atom is -0.349 e. The molecule has 0 atom stereocenters. The van der Waals surface area contributed by atoms with Crippen molar-refractivity contribution < 1.29 is 14.0 Å². The van der Waals surface area contributed by atoms with Crippen molar-refractivity contribution in [3.05, 3.63) is 59.6 Å². The van der Waals surface area contributed by atoms with Crippen LogP contribution in [0.25, 0.3) is 11.3 Å². The number of hydrogen-bond donors (Lipinski definition) is 2. The third-order valence-electron chi connectivity index (χ3n) is 4.88. The van der Waals surface area contributed by atoms with Gasteiger partial charge in [0.25, 0.3) is 11.8 Å². The Bertz CT molecular complexity index is 890. The van der Waals surface area contributed by atoms with E-state index in [1.54, 1.807) is 31.2 Å². The van der Waals surface area contributed by atoms with Crippen LogP contribution in [-0.4, -0.2) is 34.6 Å². The van der Waals surface area contributed by atoms with Crippen LogP contribution in [-0.2, 0) is 0 Å². The fourth-order valence-corrected chi connectivity index (χ4v) is 3.27. The van der Waals surface area contributed by atoms with Crippen molar-refractivity contribution >= 4 is 11.8 Å². The van der Waals surface area contributed by atoms with Gasteiger partial charge >= 0.3 is 0 Å². The first-order chi connectivity index (χ1) is 13.5. The highest BCUT2D eigenvalue weighted by atomic mass is 19.1. The highest BCUT2D eigenvalue weighted by Gasteiger charge is 2.19. The molecule has 0 aliphatic heterocycles. The van der Waals surface area contributed by atoms with Gasteiger partial charge in [-0.3, -0.25) is 9.59 Å². The topological polar surface area (TPSA) is 84.0 Å². The second-order valence-corrected chi connectivity index (χ2v) is 6.89. The van der Waals surface area contributed by atoms with Gasteiger partial charge in [-0.2, -0.15) is 0 Å². The number of aromatic nitrogens is 2. The second-order valence-electron chi connectivity index (χ2n) is 6.89. The first kappa shape index (κ1) is 19.7. The molecule has 0 bridgehead atoms. The first-order valence-electron chi connectivity index (χ1n) is 9.34. The Morgan fingerprint density at radius 1 is 1.21 bits per heavy atom. The third-order valence-corrected chi connectivity index (χ3v) is 4.88. The van der Waals surface area contributed by atoms with E-state index >= 15 is 0 Å². The molecule has 0 unspecified atom stereocenters. The fourth-order valence-electron chi connectivity index (χ4n) is 3.27. The molecular weight excluding hydrogens is 359 g/mol. The lowest BCUT2D eigenvalue weighted by atomic mass is 10.0. The summed E-state index contributed by atoms with van der Waals surface area (Å²) in [5.74, 6) is -1.17. The molecular formula is C21H23FN4O2. The summed E-state index contributed by atoms with van der Waals surface area (Å²) >= 11 is 0. The molecule has 0 radical (unpaired) electrons. The van der Waals surface area contributed by atoms with E-state index in [1.165, 1.54) is 6.07 Å². The monoisotopic (exact) mass is 382 g/mol. The predicted octanol–water partition coefficient (Wildman–Crippen LogP) is 3.18. The van der Waals surface area contributed by atoms with Crippen molar-refractivity contribution in [1.82, 2.24) is 20.8 Å². The van der Waals surface area contributed by atoms with E-state index in [0.717, 1.165) is 25.7 Å². The van der Waals surface area contributed by atoms with Crippen LogP contribution >= 0.6 is 0 Å². The van der Waals surface area contributed by atoms with Gasteiger partial charge in [0.1, 0.15) is 5.82 Å². The van der Waals surface area contributed by atoms with Crippen molar-refractivity contribution in [2.45, 2.75) is 38.6 Å². The summed E-state index contributed by atoms with van der Waals surface area (Å²) in [6, 6.07) is 6.13. The van der Waals surface area contributed by atoms with Crippen LogP contribution < -0.4 is 10.6 Å². The minimum absolute atomic E-state index is 0.185. The Labute approximate surface area is 163 Å². The SMILES string of the molecule is C=CCNC(=O)c1cc(F)c(C)c(-c2ccc(C(=O)NC3CCCC3)nn2)c1. The molecule has 2 aromatic rings. The highest BCUT2D eigenvalue weighted by molar-refractivity contribution is 5.96. The lowest BCUT2D eigenvalue weighted by molar-refractivity contribution is 0.0929. The summed E-state index contributed by atoms with van der Waals surface area (Å²) in [5, 5.41) is 13.7. The molecule has 7 heteroatoms. The lowest BCUT2D eigenvalue weighted by Gasteiger charge is -2.12. The zero-order valence-electron chi connectivity index (χ0n) is 15.8. The number of rotatable bonds is 6. The zero-order valence-corrected chi connectivity index (χ0v) is 15.8. The summed E-state index contributed by atoms with van der Waals surface area (Å²) in [6.45, 7) is 5.43. The number of carbonyl (C=O) groups excluding carboxylic acids is 2. The van der Waals surface area contributed by atoms with E-state index in [4.69, 9.17) is 0 Å². The average Bonchev–Trinajstić information content (AvgIpc) is 3.21. The number of hydrogen-bond acceptors (Lipinski definition) is 4. The molecule has 2 amide bonds. The molecule has 1 aliphatic rings. The zero-order chi connectivity index (χ0) is 20.1. The van der Waals surface area contributed by atoms with Crippen LogP contribution in [0.15, 0.2) is 36.9 Å². The number of nitrogens with zero attached hydrogens (tertiary/aromatic N) is 2. The van der Waals surface area contributed by atoms with Gasteiger partial charge in [0.15, 0.2) is 5.69 Å². The number of amides is 2. The number of benzene rings is 1. The van der Waals surface area contributed by atoms with Gasteiger partial charge in [-0.25, -0.2) is 4.39 Å². The summed E-state index contributed by atoms with van der Waals surface area (Å²) in [4.78, 5) is 24.4. The van der Waals surface area contributed by atoms with Gasteiger partial charge in [0.05, 0.1) is 5.69 Å².